The van der Waals surface area contributed by atoms with Crippen LogP contribution in [-0.2, 0) is 12.8 Å². The molecule has 3 nitrogen and oxygen atoms in total. The molecule has 1 atom stereocenters. The Labute approximate surface area is 107 Å². The van der Waals surface area contributed by atoms with E-state index in [0.29, 0.717) is 6.04 Å². The van der Waals surface area contributed by atoms with Gasteiger partial charge in [0.05, 0.1) is 5.69 Å². The van der Waals surface area contributed by atoms with Gasteiger partial charge in [0.1, 0.15) is 5.82 Å². The first-order valence-electron chi connectivity index (χ1n) is 6.45. The summed E-state index contributed by atoms with van der Waals surface area (Å²) < 4.78 is 0. The van der Waals surface area contributed by atoms with Crippen molar-refractivity contribution in [3.05, 3.63) is 53.2 Å². The van der Waals surface area contributed by atoms with E-state index < -0.39 is 0 Å². The minimum Gasteiger partial charge on any atom is -0.366 e. The molecule has 1 unspecified atom stereocenters. The summed E-state index contributed by atoms with van der Waals surface area (Å²) in [7, 11) is 0. The van der Waals surface area contributed by atoms with Crippen molar-refractivity contribution in [2.24, 2.45) is 0 Å². The lowest BCUT2D eigenvalue weighted by molar-refractivity contribution is 0.607. The number of hydrogen-bond donors (Lipinski definition) is 1. The maximum absolute atomic E-state index is 4.17. The molecule has 0 bridgehead atoms. The number of fused-ring (bicyclic) bond motifs is 1. The van der Waals surface area contributed by atoms with Crippen LogP contribution >= 0.6 is 0 Å². The van der Waals surface area contributed by atoms with Gasteiger partial charge in [-0.05, 0) is 49.4 Å². The van der Waals surface area contributed by atoms with E-state index in [9.17, 15) is 0 Å². The number of rotatable bonds is 2. The summed E-state index contributed by atoms with van der Waals surface area (Å²) in [5.41, 5.74) is 3.90. The first-order chi connectivity index (χ1) is 8.81. The van der Waals surface area contributed by atoms with Crippen molar-refractivity contribution < 1.29 is 0 Å². The summed E-state index contributed by atoms with van der Waals surface area (Å²) in [6.45, 7) is 1.95. The Bertz CT molecular complexity index is 534. The Morgan fingerprint density at radius 3 is 2.67 bits per heavy atom. The molecule has 1 aliphatic rings. The summed E-state index contributed by atoms with van der Waals surface area (Å²) >= 11 is 0. The maximum atomic E-state index is 4.17. The van der Waals surface area contributed by atoms with Crippen LogP contribution in [0.25, 0.3) is 0 Å². The van der Waals surface area contributed by atoms with Gasteiger partial charge in [0.2, 0.25) is 0 Å². The average Bonchev–Trinajstić information content (AvgIpc) is 2.41. The topological polar surface area (TPSA) is 37.8 Å². The molecule has 0 saturated heterocycles. The second-order valence-electron chi connectivity index (χ2n) is 4.91. The third-order valence-corrected chi connectivity index (χ3v) is 3.50. The predicted octanol–water partition coefficient (Wildman–Crippen LogP) is 2.75. The number of aryl methyl sites for hydroxylation is 2. The van der Waals surface area contributed by atoms with Gasteiger partial charge >= 0.3 is 0 Å². The molecule has 2 aromatic rings. The van der Waals surface area contributed by atoms with Crippen molar-refractivity contribution in [3.8, 4) is 0 Å². The molecule has 92 valence electrons. The number of anilines is 1. The Hall–Kier alpha value is -1.90. The van der Waals surface area contributed by atoms with E-state index in [-0.39, 0.29) is 0 Å². The van der Waals surface area contributed by atoms with Gasteiger partial charge in [-0.3, -0.25) is 0 Å². The van der Waals surface area contributed by atoms with E-state index in [2.05, 4.69) is 39.8 Å². The Balaban J connectivity index is 1.71. The van der Waals surface area contributed by atoms with Gasteiger partial charge in [0.15, 0.2) is 0 Å². The molecule has 1 aliphatic carbocycles. The van der Waals surface area contributed by atoms with Gasteiger partial charge in [0, 0.05) is 6.04 Å². The van der Waals surface area contributed by atoms with Gasteiger partial charge in [-0.15, -0.1) is 5.10 Å². The van der Waals surface area contributed by atoms with Crippen LogP contribution in [0.2, 0.25) is 0 Å². The summed E-state index contributed by atoms with van der Waals surface area (Å²) in [6, 6.07) is 13.2. The number of nitrogens with one attached hydrogen (secondary N) is 1. The fourth-order valence-corrected chi connectivity index (χ4v) is 2.51. The zero-order valence-electron chi connectivity index (χ0n) is 10.6. The van der Waals surface area contributed by atoms with Crippen molar-refractivity contribution >= 4 is 5.82 Å². The highest BCUT2D eigenvalue weighted by atomic mass is 15.2. The lowest BCUT2D eigenvalue weighted by atomic mass is 9.88. The van der Waals surface area contributed by atoms with E-state index in [1.807, 2.05) is 19.1 Å². The standard InChI is InChI=1S/C15H17N3/c1-11-6-9-15(18-17-11)16-14-8-7-12-4-2-3-5-13(12)10-14/h2-6,9,14H,7-8,10H2,1H3,(H,16,18). The van der Waals surface area contributed by atoms with Gasteiger partial charge in [-0.2, -0.15) is 5.10 Å². The lowest BCUT2D eigenvalue weighted by Crippen LogP contribution is -2.27. The molecule has 18 heavy (non-hydrogen) atoms. The number of benzene rings is 1. The minimum absolute atomic E-state index is 0.469. The summed E-state index contributed by atoms with van der Waals surface area (Å²) in [5, 5.41) is 11.7. The van der Waals surface area contributed by atoms with Crippen LogP contribution in [0.1, 0.15) is 23.2 Å². The molecule has 0 radical (unpaired) electrons. The summed E-state index contributed by atoms with van der Waals surface area (Å²) in [4.78, 5) is 0. The molecule has 3 rings (SSSR count). The van der Waals surface area contributed by atoms with Gasteiger partial charge in [0.25, 0.3) is 0 Å². The Kier molecular flexibility index (Phi) is 2.97. The van der Waals surface area contributed by atoms with E-state index in [1.165, 1.54) is 11.1 Å². The molecule has 0 saturated carbocycles. The molecule has 1 aromatic heterocycles. The second kappa shape index (κ2) is 4.77. The molecule has 0 amide bonds. The Morgan fingerprint density at radius 1 is 1.06 bits per heavy atom. The fourth-order valence-electron chi connectivity index (χ4n) is 2.51. The third-order valence-electron chi connectivity index (χ3n) is 3.50. The predicted molar refractivity (Wildman–Crippen MR) is 72.6 cm³/mol. The average molecular weight is 239 g/mol. The number of aromatic nitrogens is 2. The zero-order valence-corrected chi connectivity index (χ0v) is 10.6. The van der Waals surface area contributed by atoms with E-state index in [0.717, 1.165) is 30.8 Å². The zero-order chi connectivity index (χ0) is 12.4. The van der Waals surface area contributed by atoms with Crippen LogP contribution in [0.5, 0.6) is 0 Å². The van der Waals surface area contributed by atoms with Gasteiger partial charge in [-0.25, -0.2) is 0 Å². The first kappa shape index (κ1) is 11.2. The number of hydrogen-bond acceptors (Lipinski definition) is 3. The highest BCUT2D eigenvalue weighted by molar-refractivity contribution is 5.38. The van der Waals surface area contributed by atoms with E-state index in [1.54, 1.807) is 0 Å². The van der Waals surface area contributed by atoms with Crippen molar-refractivity contribution in [2.45, 2.75) is 32.2 Å². The SMILES string of the molecule is Cc1ccc(NC2CCc3ccccc3C2)nn1. The monoisotopic (exact) mass is 239 g/mol. The fraction of sp³-hybridized carbons (Fsp3) is 0.333. The molecule has 0 aliphatic heterocycles. The normalized spacial score (nSPS) is 18.2. The van der Waals surface area contributed by atoms with Crippen LogP contribution in [0.3, 0.4) is 0 Å². The van der Waals surface area contributed by atoms with Crippen molar-refractivity contribution in [1.82, 2.24) is 10.2 Å². The quantitative estimate of drug-likeness (QED) is 0.875. The Morgan fingerprint density at radius 2 is 1.89 bits per heavy atom. The smallest absolute Gasteiger partial charge is 0.148 e. The highest BCUT2D eigenvalue weighted by Crippen LogP contribution is 2.22. The molecular weight excluding hydrogens is 222 g/mol. The van der Waals surface area contributed by atoms with E-state index >= 15 is 0 Å². The summed E-state index contributed by atoms with van der Waals surface area (Å²) in [6.07, 6.45) is 3.38. The number of nitrogens with zero attached hydrogens (tertiary/aromatic N) is 2. The van der Waals surface area contributed by atoms with Crippen molar-refractivity contribution in [3.63, 3.8) is 0 Å². The van der Waals surface area contributed by atoms with Crippen LogP contribution in [0, 0.1) is 6.92 Å². The largest absolute Gasteiger partial charge is 0.366 e. The van der Waals surface area contributed by atoms with Crippen LogP contribution < -0.4 is 5.32 Å². The molecule has 1 heterocycles. The molecule has 1 N–H and O–H groups in total. The second-order valence-corrected chi connectivity index (χ2v) is 4.91. The van der Waals surface area contributed by atoms with Crippen LogP contribution in [0.15, 0.2) is 36.4 Å². The van der Waals surface area contributed by atoms with Crippen LogP contribution in [-0.4, -0.2) is 16.2 Å². The highest BCUT2D eigenvalue weighted by Gasteiger charge is 2.18. The van der Waals surface area contributed by atoms with Gasteiger partial charge < -0.3 is 5.32 Å². The molecular formula is C15H17N3. The molecule has 1 aromatic carbocycles. The minimum atomic E-state index is 0.469. The van der Waals surface area contributed by atoms with E-state index in [4.69, 9.17) is 0 Å². The molecule has 3 heteroatoms. The molecule has 0 fully saturated rings. The molecule has 0 spiro atoms. The summed E-state index contributed by atoms with van der Waals surface area (Å²) in [5.74, 6) is 0.880. The lowest BCUT2D eigenvalue weighted by Gasteiger charge is -2.25. The van der Waals surface area contributed by atoms with Crippen LogP contribution in [0.4, 0.5) is 5.82 Å². The maximum Gasteiger partial charge on any atom is 0.148 e. The van der Waals surface area contributed by atoms with Crippen molar-refractivity contribution in [1.29, 1.82) is 0 Å². The van der Waals surface area contributed by atoms with Crippen molar-refractivity contribution in [2.75, 3.05) is 5.32 Å². The first-order valence-corrected chi connectivity index (χ1v) is 6.45. The third kappa shape index (κ3) is 2.35. The van der Waals surface area contributed by atoms with Gasteiger partial charge in [-0.1, -0.05) is 24.3 Å².